The van der Waals surface area contributed by atoms with Gasteiger partial charge < -0.3 is 16.0 Å². The van der Waals surface area contributed by atoms with Gasteiger partial charge in [-0.25, -0.2) is 0 Å². The lowest BCUT2D eigenvalue weighted by atomic mass is 9.94. The van der Waals surface area contributed by atoms with E-state index in [2.05, 4.69) is 5.32 Å². The minimum absolute atomic E-state index is 0. The summed E-state index contributed by atoms with van der Waals surface area (Å²) in [5, 5.41) is 2.97. The lowest BCUT2D eigenvalue weighted by Gasteiger charge is -2.34. The number of likely N-dealkylation sites (tertiary alicyclic amines) is 1. The maximum atomic E-state index is 12.5. The molecule has 0 spiro atoms. The monoisotopic (exact) mass is 339 g/mol. The number of nitrogens with two attached hydrogens (primary N) is 1. The van der Waals surface area contributed by atoms with E-state index in [1.165, 1.54) is 0 Å². The van der Waals surface area contributed by atoms with Crippen molar-refractivity contribution in [1.82, 2.24) is 10.2 Å². The molecule has 23 heavy (non-hydrogen) atoms. The van der Waals surface area contributed by atoms with Crippen LogP contribution < -0.4 is 11.1 Å². The molecule has 0 aliphatic carbocycles. The first-order valence-electron chi connectivity index (χ1n) is 7.79. The molecule has 128 valence electrons. The van der Waals surface area contributed by atoms with Crippen molar-refractivity contribution >= 4 is 24.2 Å². The number of benzene rings is 1. The van der Waals surface area contributed by atoms with Gasteiger partial charge in [0.05, 0.1) is 5.92 Å². The highest BCUT2D eigenvalue weighted by atomic mass is 35.5. The number of nitrogens with one attached hydrogen (secondary N) is 1. The topological polar surface area (TPSA) is 75.4 Å². The fourth-order valence-corrected chi connectivity index (χ4v) is 2.63. The molecule has 0 saturated carbocycles. The minimum atomic E-state index is -0.414. The molecular formula is C17H26ClN3O2. The zero-order valence-electron chi connectivity index (χ0n) is 13.7. The molecular weight excluding hydrogens is 314 g/mol. The summed E-state index contributed by atoms with van der Waals surface area (Å²) in [6.45, 7) is 5.37. The van der Waals surface area contributed by atoms with Crippen LogP contribution in [0, 0.1) is 5.92 Å². The highest BCUT2D eigenvalue weighted by Crippen LogP contribution is 2.19. The van der Waals surface area contributed by atoms with Gasteiger partial charge in [0.2, 0.25) is 5.91 Å². The van der Waals surface area contributed by atoms with E-state index in [-0.39, 0.29) is 30.1 Å². The summed E-state index contributed by atoms with van der Waals surface area (Å²) in [6, 6.07) is 9.21. The second kappa shape index (κ2) is 8.31. The second-order valence-corrected chi connectivity index (χ2v) is 6.53. The number of hydrogen-bond acceptors (Lipinski definition) is 3. The number of hydrogen-bond donors (Lipinski definition) is 2. The summed E-state index contributed by atoms with van der Waals surface area (Å²) >= 11 is 0. The summed E-state index contributed by atoms with van der Waals surface area (Å²) < 4.78 is 0. The van der Waals surface area contributed by atoms with Crippen LogP contribution in [0.1, 0.15) is 37.0 Å². The standard InChI is InChI=1S/C17H25N3O2.ClH/c1-17(2,12-18)19-15(21)14-9-6-10-20(11-14)16(22)13-7-4-3-5-8-13;/h3-5,7-8,14H,6,9-12,18H2,1-2H3,(H,19,21);1H. The van der Waals surface area contributed by atoms with Gasteiger partial charge in [0.1, 0.15) is 0 Å². The maximum absolute atomic E-state index is 12.5. The SMILES string of the molecule is CC(C)(CN)NC(=O)C1CCCN(C(=O)c2ccccc2)C1.Cl. The van der Waals surface area contributed by atoms with E-state index in [0.717, 1.165) is 12.8 Å². The number of piperidine rings is 1. The van der Waals surface area contributed by atoms with E-state index in [4.69, 9.17) is 5.73 Å². The first kappa shape index (κ1) is 19.5. The van der Waals surface area contributed by atoms with Gasteiger partial charge in [-0.15, -0.1) is 12.4 Å². The largest absolute Gasteiger partial charge is 0.350 e. The molecule has 0 radical (unpaired) electrons. The predicted octanol–water partition coefficient (Wildman–Crippen LogP) is 1.81. The third-order valence-corrected chi connectivity index (χ3v) is 4.07. The molecule has 1 atom stereocenters. The summed E-state index contributed by atoms with van der Waals surface area (Å²) in [6.07, 6.45) is 1.66. The molecule has 3 N–H and O–H groups in total. The Morgan fingerprint density at radius 3 is 2.57 bits per heavy atom. The Bertz CT molecular complexity index is 534. The fourth-order valence-electron chi connectivity index (χ4n) is 2.63. The second-order valence-electron chi connectivity index (χ2n) is 6.53. The van der Waals surface area contributed by atoms with Crippen LogP contribution in [0.2, 0.25) is 0 Å². The molecule has 1 fully saturated rings. The lowest BCUT2D eigenvalue weighted by molar-refractivity contribution is -0.127. The molecule has 1 aromatic carbocycles. The Hall–Kier alpha value is -1.59. The van der Waals surface area contributed by atoms with Gasteiger partial charge in [0.15, 0.2) is 0 Å². The molecule has 1 aromatic rings. The fraction of sp³-hybridized carbons (Fsp3) is 0.529. The van der Waals surface area contributed by atoms with Gasteiger partial charge in [0, 0.05) is 30.7 Å². The first-order valence-corrected chi connectivity index (χ1v) is 7.79. The molecule has 1 unspecified atom stereocenters. The van der Waals surface area contributed by atoms with Crippen LogP contribution in [0.15, 0.2) is 30.3 Å². The minimum Gasteiger partial charge on any atom is -0.350 e. The number of amides is 2. The van der Waals surface area contributed by atoms with Gasteiger partial charge in [-0.05, 0) is 38.8 Å². The number of carbonyl (C=O) groups excluding carboxylic acids is 2. The first-order chi connectivity index (χ1) is 10.4. The van der Waals surface area contributed by atoms with Crippen molar-refractivity contribution in [2.24, 2.45) is 11.7 Å². The number of halogens is 1. The van der Waals surface area contributed by atoms with Crippen LogP contribution in [-0.4, -0.2) is 41.9 Å². The highest BCUT2D eigenvalue weighted by molar-refractivity contribution is 5.94. The molecule has 1 heterocycles. The highest BCUT2D eigenvalue weighted by Gasteiger charge is 2.31. The van der Waals surface area contributed by atoms with E-state index in [1.807, 2.05) is 44.2 Å². The molecule has 0 aromatic heterocycles. The Morgan fingerprint density at radius 2 is 1.96 bits per heavy atom. The van der Waals surface area contributed by atoms with Crippen LogP contribution in [0.5, 0.6) is 0 Å². The van der Waals surface area contributed by atoms with E-state index < -0.39 is 5.54 Å². The lowest BCUT2D eigenvalue weighted by Crippen LogP contribution is -2.53. The smallest absolute Gasteiger partial charge is 0.253 e. The Balaban J connectivity index is 0.00000264. The number of nitrogens with zero attached hydrogens (tertiary/aromatic N) is 1. The number of carbonyl (C=O) groups is 2. The molecule has 2 amide bonds. The summed E-state index contributed by atoms with van der Waals surface area (Å²) in [4.78, 5) is 26.6. The van der Waals surface area contributed by atoms with Gasteiger partial charge in [-0.2, -0.15) is 0 Å². The average molecular weight is 340 g/mol. The van der Waals surface area contributed by atoms with Crippen molar-refractivity contribution in [2.45, 2.75) is 32.2 Å². The molecule has 2 rings (SSSR count). The molecule has 0 bridgehead atoms. The summed E-state index contributed by atoms with van der Waals surface area (Å²) in [5.41, 5.74) is 5.91. The Kier molecular flexibility index (Phi) is 7.03. The Labute approximate surface area is 144 Å². The van der Waals surface area contributed by atoms with Crippen LogP contribution in [0.3, 0.4) is 0 Å². The van der Waals surface area contributed by atoms with Crippen LogP contribution >= 0.6 is 12.4 Å². The van der Waals surface area contributed by atoms with Crippen molar-refractivity contribution in [1.29, 1.82) is 0 Å². The molecule has 1 aliphatic heterocycles. The predicted molar refractivity (Wildman–Crippen MR) is 93.6 cm³/mol. The van der Waals surface area contributed by atoms with E-state index >= 15 is 0 Å². The zero-order valence-corrected chi connectivity index (χ0v) is 14.6. The van der Waals surface area contributed by atoms with Gasteiger partial charge >= 0.3 is 0 Å². The van der Waals surface area contributed by atoms with E-state index in [1.54, 1.807) is 4.90 Å². The summed E-state index contributed by atoms with van der Waals surface area (Å²) in [7, 11) is 0. The van der Waals surface area contributed by atoms with Crippen molar-refractivity contribution in [3.63, 3.8) is 0 Å². The quantitative estimate of drug-likeness (QED) is 0.878. The van der Waals surface area contributed by atoms with Gasteiger partial charge in [0.25, 0.3) is 5.91 Å². The van der Waals surface area contributed by atoms with Gasteiger partial charge in [-0.3, -0.25) is 9.59 Å². The van der Waals surface area contributed by atoms with Crippen molar-refractivity contribution in [3.05, 3.63) is 35.9 Å². The maximum Gasteiger partial charge on any atom is 0.253 e. The molecule has 1 saturated heterocycles. The number of rotatable bonds is 4. The average Bonchev–Trinajstić information content (AvgIpc) is 2.54. The van der Waals surface area contributed by atoms with Crippen LogP contribution in [0.25, 0.3) is 0 Å². The van der Waals surface area contributed by atoms with E-state index in [9.17, 15) is 9.59 Å². The Morgan fingerprint density at radius 1 is 1.30 bits per heavy atom. The third kappa shape index (κ3) is 5.22. The van der Waals surface area contributed by atoms with Crippen LogP contribution in [0.4, 0.5) is 0 Å². The molecule has 1 aliphatic rings. The summed E-state index contributed by atoms with van der Waals surface area (Å²) in [5.74, 6) is -0.176. The zero-order chi connectivity index (χ0) is 16.2. The molecule has 6 heteroatoms. The van der Waals surface area contributed by atoms with Crippen molar-refractivity contribution < 1.29 is 9.59 Å². The van der Waals surface area contributed by atoms with Gasteiger partial charge in [-0.1, -0.05) is 18.2 Å². The van der Waals surface area contributed by atoms with Crippen molar-refractivity contribution in [2.75, 3.05) is 19.6 Å². The third-order valence-electron chi connectivity index (χ3n) is 4.07. The normalized spacial score (nSPS) is 18.0. The van der Waals surface area contributed by atoms with Crippen LogP contribution in [-0.2, 0) is 4.79 Å². The van der Waals surface area contributed by atoms with E-state index in [0.29, 0.717) is 25.2 Å². The van der Waals surface area contributed by atoms with Crippen molar-refractivity contribution in [3.8, 4) is 0 Å². The molecule has 5 nitrogen and oxygen atoms in total.